The van der Waals surface area contributed by atoms with Crippen LogP contribution < -0.4 is 5.56 Å². The molecule has 2 aliphatic rings. The Morgan fingerprint density at radius 3 is 2.79 bits per heavy atom. The number of benzene rings is 1. The van der Waals surface area contributed by atoms with Crippen molar-refractivity contribution in [2.24, 2.45) is 11.8 Å². The van der Waals surface area contributed by atoms with Crippen molar-refractivity contribution in [1.29, 1.82) is 0 Å². The summed E-state index contributed by atoms with van der Waals surface area (Å²) in [6, 6.07) is 7.46. The van der Waals surface area contributed by atoms with Gasteiger partial charge in [0.25, 0.3) is 5.56 Å². The largest absolute Gasteiger partial charge is 0.342 e. The second-order valence-corrected chi connectivity index (χ2v) is 9.03. The van der Waals surface area contributed by atoms with E-state index in [1.54, 1.807) is 4.57 Å². The van der Waals surface area contributed by atoms with Gasteiger partial charge in [-0.3, -0.25) is 14.2 Å². The highest BCUT2D eigenvalue weighted by Crippen LogP contribution is 2.36. The molecule has 1 aromatic heterocycles. The molecule has 28 heavy (non-hydrogen) atoms. The van der Waals surface area contributed by atoms with Gasteiger partial charge in [-0.25, -0.2) is 4.98 Å². The van der Waals surface area contributed by atoms with Gasteiger partial charge in [-0.1, -0.05) is 50.1 Å². The van der Waals surface area contributed by atoms with E-state index in [0.29, 0.717) is 34.3 Å². The molecule has 0 radical (unpaired) electrons. The van der Waals surface area contributed by atoms with E-state index in [0.717, 1.165) is 31.8 Å². The molecule has 6 heteroatoms. The molecule has 4 rings (SSSR count). The fraction of sp³-hybridized carbons (Fsp3) is 0.591. The molecule has 0 unspecified atom stereocenters. The molecule has 0 N–H and O–H groups in total. The topological polar surface area (TPSA) is 55.2 Å². The molecule has 1 aliphatic heterocycles. The normalized spacial score (nSPS) is 22.2. The van der Waals surface area contributed by atoms with Gasteiger partial charge >= 0.3 is 0 Å². The van der Waals surface area contributed by atoms with Gasteiger partial charge in [0.1, 0.15) is 0 Å². The van der Waals surface area contributed by atoms with Gasteiger partial charge in [-0.15, -0.1) is 0 Å². The summed E-state index contributed by atoms with van der Waals surface area (Å²) in [6.07, 6.45) is 7.28. The summed E-state index contributed by atoms with van der Waals surface area (Å²) >= 11 is 1.41. The maximum Gasteiger partial charge on any atom is 0.262 e. The minimum atomic E-state index is -0.00887. The summed E-state index contributed by atoms with van der Waals surface area (Å²) < 4.78 is 1.73. The number of para-hydroxylation sites is 1. The maximum absolute atomic E-state index is 12.9. The van der Waals surface area contributed by atoms with Gasteiger partial charge in [0.15, 0.2) is 5.16 Å². The summed E-state index contributed by atoms with van der Waals surface area (Å²) in [5.41, 5.74) is 0.697. The number of rotatable bonds is 5. The van der Waals surface area contributed by atoms with E-state index in [-0.39, 0.29) is 11.5 Å². The molecule has 1 saturated heterocycles. The van der Waals surface area contributed by atoms with Gasteiger partial charge in [0.2, 0.25) is 5.91 Å². The molecule has 1 amide bonds. The van der Waals surface area contributed by atoms with Crippen molar-refractivity contribution in [1.82, 2.24) is 14.5 Å². The number of hydrogen-bond acceptors (Lipinski definition) is 4. The molecular weight excluding hydrogens is 370 g/mol. The van der Waals surface area contributed by atoms with Crippen LogP contribution in [-0.2, 0) is 11.3 Å². The minimum absolute atomic E-state index is 0.00887. The Labute approximate surface area is 170 Å². The second kappa shape index (κ2) is 8.68. The quantitative estimate of drug-likeness (QED) is 0.564. The van der Waals surface area contributed by atoms with E-state index in [9.17, 15) is 9.59 Å². The second-order valence-electron chi connectivity index (χ2n) is 8.09. The van der Waals surface area contributed by atoms with Crippen molar-refractivity contribution in [2.45, 2.75) is 57.1 Å². The van der Waals surface area contributed by atoms with Gasteiger partial charge < -0.3 is 4.90 Å². The van der Waals surface area contributed by atoms with Gasteiger partial charge in [-0.05, 0) is 43.2 Å². The number of carbonyl (C=O) groups is 1. The van der Waals surface area contributed by atoms with Crippen LogP contribution in [0.4, 0.5) is 0 Å². The molecule has 1 saturated carbocycles. The molecule has 0 spiro atoms. The lowest BCUT2D eigenvalue weighted by Gasteiger charge is -2.41. The third-order valence-electron chi connectivity index (χ3n) is 6.24. The van der Waals surface area contributed by atoms with Crippen molar-refractivity contribution in [3.8, 4) is 0 Å². The van der Waals surface area contributed by atoms with Crippen molar-refractivity contribution >= 4 is 28.6 Å². The molecule has 2 atom stereocenters. The summed E-state index contributed by atoms with van der Waals surface area (Å²) in [5.74, 6) is 2.04. The first-order valence-corrected chi connectivity index (χ1v) is 11.6. The molecule has 5 nitrogen and oxygen atoms in total. The van der Waals surface area contributed by atoms with Crippen LogP contribution in [0.1, 0.15) is 45.4 Å². The highest BCUT2D eigenvalue weighted by Gasteiger charge is 2.32. The summed E-state index contributed by atoms with van der Waals surface area (Å²) in [7, 11) is 0. The number of fused-ring (bicyclic) bond motifs is 2. The Balaban J connectivity index is 1.48. The average Bonchev–Trinajstić information content (AvgIpc) is 2.74. The Kier molecular flexibility index (Phi) is 6.04. The zero-order chi connectivity index (χ0) is 19.5. The Morgan fingerprint density at radius 2 is 1.96 bits per heavy atom. The Morgan fingerprint density at radius 1 is 1.18 bits per heavy atom. The number of aromatic nitrogens is 2. The molecule has 1 aliphatic carbocycles. The number of thioether (sulfide) groups is 1. The van der Waals surface area contributed by atoms with Crippen molar-refractivity contribution < 1.29 is 4.79 Å². The molecule has 2 fully saturated rings. The van der Waals surface area contributed by atoms with Crippen LogP contribution in [-0.4, -0.2) is 39.2 Å². The Bertz CT molecular complexity index is 910. The lowest BCUT2D eigenvalue weighted by atomic mass is 9.75. The molecule has 150 valence electrons. The predicted molar refractivity (Wildman–Crippen MR) is 114 cm³/mol. The summed E-state index contributed by atoms with van der Waals surface area (Å²) in [6.45, 7) is 4.47. The van der Waals surface area contributed by atoms with Crippen LogP contribution in [0.5, 0.6) is 0 Å². The standard InChI is InChI=1S/C22H29N3O2S/c1-2-12-25-21(27)18-9-5-6-10-19(18)23-22(25)28-15-20(26)24-13-11-16-7-3-4-8-17(16)14-24/h5-6,9-10,16-17H,2-4,7-8,11-15H2,1H3/t16-,17+/m1/s1. The zero-order valence-corrected chi connectivity index (χ0v) is 17.4. The lowest BCUT2D eigenvalue weighted by Crippen LogP contribution is -2.45. The van der Waals surface area contributed by atoms with Gasteiger partial charge in [0, 0.05) is 19.6 Å². The van der Waals surface area contributed by atoms with Crippen LogP contribution in [0.25, 0.3) is 10.9 Å². The van der Waals surface area contributed by atoms with E-state index in [2.05, 4.69) is 6.92 Å². The molecule has 2 aromatic rings. The van der Waals surface area contributed by atoms with E-state index in [1.165, 1.54) is 37.4 Å². The van der Waals surface area contributed by atoms with E-state index < -0.39 is 0 Å². The average molecular weight is 400 g/mol. The number of carbonyl (C=O) groups excluding carboxylic acids is 1. The highest BCUT2D eigenvalue weighted by atomic mass is 32.2. The smallest absolute Gasteiger partial charge is 0.262 e. The molecular formula is C22H29N3O2S. The highest BCUT2D eigenvalue weighted by molar-refractivity contribution is 7.99. The minimum Gasteiger partial charge on any atom is -0.342 e. The third kappa shape index (κ3) is 3.97. The summed E-state index contributed by atoms with van der Waals surface area (Å²) in [5, 5.41) is 1.30. The lowest BCUT2D eigenvalue weighted by molar-refractivity contribution is -0.131. The zero-order valence-electron chi connectivity index (χ0n) is 16.6. The van der Waals surface area contributed by atoms with E-state index >= 15 is 0 Å². The fourth-order valence-corrected chi connectivity index (χ4v) is 5.65. The first kappa shape index (κ1) is 19.5. The van der Waals surface area contributed by atoms with Crippen LogP contribution in [0.2, 0.25) is 0 Å². The Hall–Kier alpha value is -1.82. The van der Waals surface area contributed by atoms with Gasteiger partial charge in [0.05, 0.1) is 16.7 Å². The van der Waals surface area contributed by atoms with E-state index in [4.69, 9.17) is 4.98 Å². The number of hydrogen-bond donors (Lipinski definition) is 0. The number of nitrogens with zero attached hydrogens (tertiary/aromatic N) is 3. The van der Waals surface area contributed by atoms with Crippen molar-refractivity contribution in [3.05, 3.63) is 34.6 Å². The van der Waals surface area contributed by atoms with Crippen LogP contribution >= 0.6 is 11.8 Å². The number of amides is 1. The number of likely N-dealkylation sites (tertiary alicyclic amines) is 1. The monoisotopic (exact) mass is 399 g/mol. The fourth-order valence-electron chi connectivity index (χ4n) is 4.72. The summed E-state index contributed by atoms with van der Waals surface area (Å²) in [4.78, 5) is 32.4. The van der Waals surface area contributed by atoms with Crippen LogP contribution in [0.3, 0.4) is 0 Å². The predicted octanol–water partition coefficient (Wildman–Crippen LogP) is 3.94. The molecule has 0 bridgehead atoms. The first-order valence-electron chi connectivity index (χ1n) is 10.6. The SMILES string of the molecule is CCCn1c(SCC(=O)N2CC[C@H]3CCCC[C@H]3C2)nc2ccccc2c1=O. The third-order valence-corrected chi connectivity index (χ3v) is 7.20. The molecule has 1 aromatic carbocycles. The van der Waals surface area contributed by atoms with E-state index in [1.807, 2.05) is 29.2 Å². The van der Waals surface area contributed by atoms with Crippen LogP contribution in [0.15, 0.2) is 34.2 Å². The maximum atomic E-state index is 12.9. The van der Waals surface area contributed by atoms with Gasteiger partial charge in [-0.2, -0.15) is 0 Å². The number of piperidine rings is 1. The van der Waals surface area contributed by atoms with Crippen molar-refractivity contribution in [3.63, 3.8) is 0 Å². The van der Waals surface area contributed by atoms with Crippen molar-refractivity contribution in [2.75, 3.05) is 18.8 Å². The van der Waals surface area contributed by atoms with Crippen LogP contribution in [0, 0.1) is 11.8 Å². The first-order chi connectivity index (χ1) is 13.7. The molecule has 2 heterocycles.